The highest BCUT2D eigenvalue weighted by Gasteiger charge is 2.29. The summed E-state index contributed by atoms with van der Waals surface area (Å²) >= 11 is 5.91. The van der Waals surface area contributed by atoms with E-state index in [4.69, 9.17) is 16.3 Å². The topological polar surface area (TPSA) is 73.8 Å². The Morgan fingerprint density at radius 1 is 1.05 bits per heavy atom. The lowest BCUT2D eigenvalue weighted by atomic mass is 10.0. The lowest BCUT2D eigenvalue weighted by Crippen LogP contribution is -2.55. The molecule has 2 fully saturated rings. The van der Waals surface area contributed by atoms with Gasteiger partial charge in [0.25, 0.3) is 5.91 Å². The molecule has 39 heavy (non-hydrogen) atoms. The van der Waals surface area contributed by atoms with Gasteiger partial charge in [0, 0.05) is 61.8 Å². The molecule has 1 amide bonds. The quantitative estimate of drug-likeness (QED) is 0.488. The first-order chi connectivity index (χ1) is 18.7. The molecular formula is C28H31ClF2N6O2. The molecule has 0 bridgehead atoms. The van der Waals surface area contributed by atoms with Crippen molar-refractivity contribution in [3.05, 3.63) is 64.9 Å². The molecule has 2 aliphatic rings. The molecular weight excluding hydrogens is 526 g/mol. The van der Waals surface area contributed by atoms with Crippen LogP contribution >= 0.6 is 11.6 Å². The second-order valence-corrected chi connectivity index (χ2v) is 10.5. The van der Waals surface area contributed by atoms with E-state index in [9.17, 15) is 9.18 Å². The van der Waals surface area contributed by atoms with Gasteiger partial charge >= 0.3 is 0 Å². The normalized spacial score (nSPS) is 20.3. The zero-order chi connectivity index (χ0) is 27.7. The third kappa shape index (κ3) is 5.68. The van der Waals surface area contributed by atoms with Crippen molar-refractivity contribution in [3.8, 4) is 11.1 Å². The summed E-state index contributed by atoms with van der Waals surface area (Å²) < 4.78 is 35.7. The van der Waals surface area contributed by atoms with Gasteiger partial charge in [0.15, 0.2) is 5.82 Å². The van der Waals surface area contributed by atoms with E-state index < -0.39 is 17.5 Å². The number of hydrogen-bond acceptors (Lipinski definition) is 7. The van der Waals surface area contributed by atoms with Crippen molar-refractivity contribution in [2.24, 2.45) is 0 Å². The fraction of sp³-hybridized carbons (Fsp3) is 0.393. The van der Waals surface area contributed by atoms with E-state index in [1.54, 1.807) is 18.5 Å². The monoisotopic (exact) mass is 556 g/mol. The summed E-state index contributed by atoms with van der Waals surface area (Å²) in [5.74, 6) is -1.42. The van der Waals surface area contributed by atoms with E-state index in [2.05, 4.69) is 41.1 Å². The SMILES string of the molecule is C[C@@H]1CN(c2cc(F)c(-c3cnc(N4CCOCC4)nc3)cc2NC(=O)c2cccc(Cl)c2F)C[C@H](C)N1C. The molecule has 2 aromatic carbocycles. The summed E-state index contributed by atoms with van der Waals surface area (Å²) in [5, 5.41) is 2.66. The van der Waals surface area contributed by atoms with Crippen LogP contribution in [0.15, 0.2) is 42.7 Å². The Morgan fingerprint density at radius 3 is 2.38 bits per heavy atom. The summed E-state index contributed by atoms with van der Waals surface area (Å²) in [6.45, 7) is 8.01. The van der Waals surface area contributed by atoms with Crippen LogP contribution in [0.25, 0.3) is 11.1 Å². The zero-order valence-corrected chi connectivity index (χ0v) is 22.9. The van der Waals surface area contributed by atoms with Crippen LogP contribution in [0, 0.1) is 11.6 Å². The number of amides is 1. The lowest BCUT2D eigenvalue weighted by molar-refractivity contribution is 0.102. The average molecular weight is 557 g/mol. The summed E-state index contributed by atoms with van der Waals surface area (Å²) in [6, 6.07) is 7.62. The molecule has 0 spiro atoms. The van der Waals surface area contributed by atoms with Gasteiger partial charge in [-0.1, -0.05) is 17.7 Å². The number of piperazine rings is 1. The van der Waals surface area contributed by atoms with Gasteiger partial charge in [-0.25, -0.2) is 18.7 Å². The molecule has 0 unspecified atom stereocenters. The predicted molar refractivity (Wildman–Crippen MR) is 149 cm³/mol. The van der Waals surface area contributed by atoms with Crippen LogP contribution in [0.4, 0.5) is 26.1 Å². The number of carbonyl (C=O) groups is 1. The number of nitrogens with zero attached hydrogens (tertiary/aromatic N) is 5. The second-order valence-electron chi connectivity index (χ2n) is 10.0. The van der Waals surface area contributed by atoms with Crippen molar-refractivity contribution in [3.63, 3.8) is 0 Å². The molecule has 3 heterocycles. The van der Waals surface area contributed by atoms with Gasteiger partial charge in [-0.3, -0.25) is 9.69 Å². The summed E-state index contributed by atoms with van der Waals surface area (Å²) in [4.78, 5) is 28.4. The summed E-state index contributed by atoms with van der Waals surface area (Å²) in [6.07, 6.45) is 3.14. The Bertz CT molecular complexity index is 1340. The maximum atomic E-state index is 15.7. The Morgan fingerprint density at radius 2 is 1.72 bits per heavy atom. The van der Waals surface area contributed by atoms with Gasteiger partial charge in [-0.2, -0.15) is 0 Å². The molecule has 0 aliphatic carbocycles. The maximum Gasteiger partial charge on any atom is 0.258 e. The van der Waals surface area contributed by atoms with Crippen LogP contribution in [0.2, 0.25) is 5.02 Å². The Kier molecular flexibility index (Phi) is 7.97. The third-order valence-corrected chi connectivity index (χ3v) is 7.77. The zero-order valence-electron chi connectivity index (χ0n) is 22.1. The molecule has 5 rings (SSSR count). The minimum atomic E-state index is -0.811. The number of aromatic nitrogens is 2. The molecule has 11 heteroatoms. The molecule has 1 aromatic heterocycles. The van der Waals surface area contributed by atoms with Gasteiger partial charge < -0.3 is 19.9 Å². The fourth-order valence-corrected chi connectivity index (χ4v) is 5.18. The Hall–Kier alpha value is -3.34. The fourth-order valence-electron chi connectivity index (χ4n) is 5.00. The van der Waals surface area contributed by atoms with E-state index in [0.717, 1.165) is 0 Å². The first kappa shape index (κ1) is 27.2. The van der Waals surface area contributed by atoms with Crippen LogP contribution in [0.3, 0.4) is 0 Å². The average Bonchev–Trinajstić information content (AvgIpc) is 2.94. The number of halogens is 3. The summed E-state index contributed by atoms with van der Waals surface area (Å²) in [7, 11) is 2.06. The van der Waals surface area contributed by atoms with Crippen molar-refractivity contribution in [1.29, 1.82) is 0 Å². The van der Waals surface area contributed by atoms with Gasteiger partial charge in [-0.15, -0.1) is 0 Å². The molecule has 0 saturated carbocycles. The molecule has 206 valence electrons. The first-order valence-electron chi connectivity index (χ1n) is 12.9. The van der Waals surface area contributed by atoms with Gasteiger partial charge in [0.05, 0.1) is 35.2 Å². The largest absolute Gasteiger partial charge is 0.378 e. The third-order valence-electron chi connectivity index (χ3n) is 7.47. The Balaban J connectivity index is 1.52. The smallest absolute Gasteiger partial charge is 0.258 e. The van der Waals surface area contributed by atoms with E-state index >= 15 is 4.39 Å². The standard InChI is InChI=1S/C28H31ClF2N6O2/c1-17-15-37(16-18(2)35(17)3)25-12-23(30)21(19-13-32-28(33-14-19)36-7-9-39-10-8-36)11-24(25)34-27(38)20-5-4-6-22(29)26(20)31/h4-6,11-14,17-18H,7-10,15-16H2,1-3H3,(H,34,38)/t17-,18+. The molecule has 2 aliphatic heterocycles. The number of morpholine rings is 1. The highest BCUT2D eigenvalue weighted by molar-refractivity contribution is 6.31. The lowest BCUT2D eigenvalue weighted by Gasteiger charge is -2.44. The minimum Gasteiger partial charge on any atom is -0.378 e. The summed E-state index contributed by atoms with van der Waals surface area (Å²) in [5.41, 5.74) is 1.37. The number of carbonyl (C=O) groups excluding carboxylic acids is 1. The molecule has 3 aromatic rings. The molecule has 1 N–H and O–H groups in total. The van der Waals surface area contributed by atoms with Crippen molar-refractivity contribution in [2.75, 3.05) is 61.6 Å². The van der Waals surface area contributed by atoms with Crippen LogP contribution in [0.5, 0.6) is 0 Å². The number of ether oxygens (including phenoxy) is 1. The van der Waals surface area contributed by atoms with Crippen molar-refractivity contribution < 1.29 is 18.3 Å². The maximum absolute atomic E-state index is 15.7. The van der Waals surface area contributed by atoms with Crippen LogP contribution in [-0.2, 0) is 4.74 Å². The van der Waals surface area contributed by atoms with Crippen LogP contribution in [-0.4, -0.2) is 79.3 Å². The molecule has 2 saturated heterocycles. The second kappa shape index (κ2) is 11.4. The van der Waals surface area contributed by atoms with Crippen molar-refractivity contribution >= 4 is 34.8 Å². The van der Waals surface area contributed by atoms with Crippen LogP contribution in [0.1, 0.15) is 24.2 Å². The highest BCUT2D eigenvalue weighted by atomic mass is 35.5. The van der Waals surface area contributed by atoms with Crippen molar-refractivity contribution in [2.45, 2.75) is 25.9 Å². The highest BCUT2D eigenvalue weighted by Crippen LogP contribution is 2.36. The number of nitrogens with one attached hydrogen (secondary N) is 1. The van der Waals surface area contributed by atoms with E-state index in [-0.39, 0.29) is 28.2 Å². The first-order valence-corrected chi connectivity index (χ1v) is 13.3. The number of rotatable bonds is 5. The molecule has 8 nitrogen and oxygen atoms in total. The van der Waals surface area contributed by atoms with Gasteiger partial charge in [0.1, 0.15) is 5.82 Å². The van der Waals surface area contributed by atoms with E-state index in [0.29, 0.717) is 62.3 Å². The molecule has 0 radical (unpaired) electrons. The minimum absolute atomic E-state index is 0.151. The predicted octanol–water partition coefficient (Wildman–Crippen LogP) is 4.69. The van der Waals surface area contributed by atoms with Gasteiger partial charge in [0.2, 0.25) is 5.95 Å². The Labute approximate surface area is 231 Å². The molecule has 2 atom stereocenters. The van der Waals surface area contributed by atoms with E-state index in [1.807, 2.05) is 9.80 Å². The number of benzene rings is 2. The van der Waals surface area contributed by atoms with Crippen molar-refractivity contribution in [1.82, 2.24) is 14.9 Å². The number of likely N-dealkylation sites (N-methyl/N-ethyl adjacent to an activating group) is 1. The van der Waals surface area contributed by atoms with Crippen LogP contribution < -0.4 is 15.1 Å². The number of anilines is 3. The number of hydrogen-bond donors (Lipinski definition) is 1. The van der Waals surface area contributed by atoms with Gasteiger partial charge in [-0.05, 0) is 45.2 Å². The van der Waals surface area contributed by atoms with E-state index in [1.165, 1.54) is 24.3 Å².